The highest BCUT2D eigenvalue weighted by molar-refractivity contribution is 7.12. The zero-order chi connectivity index (χ0) is 9.97. The van der Waals surface area contributed by atoms with E-state index in [-0.39, 0.29) is 12.6 Å². The van der Waals surface area contributed by atoms with Crippen LogP contribution in [0.15, 0.2) is 12.1 Å². The fraction of sp³-hybridized carbons (Fsp3) is 0.636. The van der Waals surface area contributed by atoms with E-state index in [1.807, 2.05) is 0 Å². The van der Waals surface area contributed by atoms with E-state index < -0.39 is 0 Å². The normalized spacial score (nSPS) is 18.4. The van der Waals surface area contributed by atoms with Gasteiger partial charge >= 0.3 is 0 Å². The molecule has 3 heteroatoms. The number of aliphatic hydroxyl groups is 1. The number of nitrogens with one attached hydrogen (secondary N) is 1. The van der Waals surface area contributed by atoms with Gasteiger partial charge in [-0.1, -0.05) is 0 Å². The summed E-state index contributed by atoms with van der Waals surface area (Å²) >= 11 is 1.77. The predicted molar refractivity (Wildman–Crippen MR) is 59.6 cm³/mol. The number of thiophene rings is 1. The lowest BCUT2D eigenvalue weighted by Crippen LogP contribution is -2.25. The van der Waals surface area contributed by atoms with Gasteiger partial charge in [0.1, 0.15) is 0 Å². The summed E-state index contributed by atoms with van der Waals surface area (Å²) in [7, 11) is 0. The van der Waals surface area contributed by atoms with Crippen LogP contribution in [0.1, 0.15) is 28.6 Å². The molecule has 1 heterocycles. The third-order valence-electron chi connectivity index (χ3n) is 2.64. The van der Waals surface area contributed by atoms with Gasteiger partial charge in [-0.2, -0.15) is 0 Å². The van der Waals surface area contributed by atoms with Gasteiger partial charge in [0, 0.05) is 9.75 Å². The lowest BCUT2D eigenvalue weighted by Gasteiger charge is -2.14. The first kappa shape index (κ1) is 10.1. The highest BCUT2D eigenvalue weighted by atomic mass is 32.1. The van der Waals surface area contributed by atoms with Crippen LogP contribution in [0.25, 0.3) is 0 Å². The van der Waals surface area contributed by atoms with Crippen LogP contribution in [0.2, 0.25) is 0 Å². The summed E-state index contributed by atoms with van der Waals surface area (Å²) in [6.07, 6.45) is 2.71. The van der Waals surface area contributed by atoms with Crippen LogP contribution in [0.4, 0.5) is 0 Å². The molecule has 0 aliphatic heterocycles. The minimum Gasteiger partial charge on any atom is -0.394 e. The highest BCUT2D eigenvalue weighted by Gasteiger charge is 2.22. The Morgan fingerprint density at radius 3 is 2.86 bits per heavy atom. The van der Waals surface area contributed by atoms with Gasteiger partial charge in [-0.15, -0.1) is 11.3 Å². The minimum absolute atomic E-state index is 0.147. The molecule has 0 radical (unpaired) electrons. The van der Waals surface area contributed by atoms with Gasteiger partial charge in [0.2, 0.25) is 0 Å². The average molecular weight is 211 g/mol. The Kier molecular flexibility index (Phi) is 3.21. The lowest BCUT2D eigenvalue weighted by atomic mass is 10.2. The molecule has 1 saturated carbocycles. The van der Waals surface area contributed by atoms with E-state index in [0.29, 0.717) is 0 Å². The maximum atomic E-state index is 9.27. The van der Waals surface area contributed by atoms with Crippen LogP contribution in [0.3, 0.4) is 0 Å². The van der Waals surface area contributed by atoms with Crippen molar-refractivity contribution in [3.05, 3.63) is 21.9 Å². The van der Waals surface area contributed by atoms with Crippen molar-refractivity contribution in [3.8, 4) is 0 Å². The number of hydrogen-bond acceptors (Lipinski definition) is 3. The third-order valence-corrected chi connectivity index (χ3v) is 3.75. The standard InChI is InChI=1S/C11H17NOS/c1-8-2-5-11(14-8)10(7-13)12-6-9-3-4-9/h2,5,9-10,12-13H,3-4,6-7H2,1H3. The van der Waals surface area contributed by atoms with Gasteiger partial charge in [-0.05, 0) is 44.4 Å². The van der Waals surface area contributed by atoms with E-state index in [1.54, 1.807) is 11.3 Å². The molecule has 78 valence electrons. The minimum atomic E-state index is 0.147. The maximum Gasteiger partial charge on any atom is 0.0649 e. The molecule has 1 atom stereocenters. The predicted octanol–water partition coefficient (Wildman–Crippen LogP) is 2.09. The third kappa shape index (κ3) is 2.56. The van der Waals surface area contributed by atoms with Gasteiger partial charge in [-0.25, -0.2) is 0 Å². The summed E-state index contributed by atoms with van der Waals surface area (Å²) in [5.41, 5.74) is 0. The molecule has 1 aliphatic carbocycles. The van der Waals surface area contributed by atoms with E-state index in [4.69, 9.17) is 0 Å². The Balaban J connectivity index is 1.90. The summed E-state index contributed by atoms with van der Waals surface area (Å²) in [6, 6.07) is 4.37. The van der Waals surface area contributed by atoms with Gasteiger partial charge in [-0.3, -0.25) is 0 Å². The van der Waals surface area contributed by atoms with Gasteiger partial charge in [0.15, 0.2) is 0 Å². The second-order valence-corrected chi connectivity index (χ2v) is 5.35. The second-order valence-electron chi connectivity index (χ2n) is 4.04. The average Bonchev–Trinajstić information content (AvgIpc) is 2.90. The van der Waals surface area contributed by atoms with Crippen LogP contribution in [0, 0.1) is 12.8 Å². The molecule has 1 aromatic heterocycles. The SMILES string of the molecule is Cc1ccc(C(CO)NCC2CC2)s1. The molecule has 0 bridgehead atoms. The largest absolute Gasteiger partial charge is 0.394 e. The van der Waals surface area contributed by atoms with E-state index >= 15 is 0 Å². The van der Waals surface area contributed by atoms with Crippen LogP contribution >= 0.6 is 11.3 Å². The molecule has 14 heavy (non-hydrogen) atoms. The van der Waals surface area contributed by atoms with Crippen molar-refractivity contribution in [2.24, 2.45) is 5.92 Å². The fourth-order valence-electron chi connectivity index (χ4n) is 1.53. The van der Waals surface area contributed by atoms with Crippen LogP contribution in [0.5, 0.6) is 0 Å². The van der Waals surface area contributed by atoms with E-state index in [1.165, 1.54) is 22.6 Å². The van der Waals surface area contributed by atoms with Gasteiger partial charge < -0.3 is 10.4 Å². The molecule has 0 aromatic carbocycles. The highest BCUT2D eigenvalue weighted by Crippen LogP contribution is 2.29. The first-order chi connectivity index (χ1) is 6.79. The van der Waals surface area contributed by atoms with E-state index in [0.717, 1.165) is 12.5 Å². The van der Waals surface area contributed by atoms with Crippen molar-refractivity contribution < 1.29 is 5.11 Å². The monoisotopic (exact) mass is 211 g/mol. The second kappa shape index (κ2) is 4.43. The zero-order valence-corrected chi connectivity index (χ0v) is 9.31. The first-order valence-electron chi connectivity index (χ1n) is 5.20. The Hall–Kier alpha value is -0.380. The molecule has 0 spiro atoms. The maximum absolute atomic E-state index is 9.27. The topological polar surface area (TPSA) is 32.3 Å². The summed E-state index contributed by atoms with van der Waals surface area (Å²) in [6.45, 7) is 3.36. The van der Waals surface area contributed by atoms with Crippen LogP contribution < -0.4 is 5.32 Å². The van der Waals surface area contributed by atoms with Crippen molar-refractivity contribution in [3.63, 3.8) is 0 Å². The van der Waals surface area contributed by atoms with Crippen molar-refractivity contribution >= 4 is 11.3 Å². The lowest BCUT2D eigenvalue weighted by molar-refractivity contribution is 0.245. The molecule has 2 rings (SSSR count). The molecular weight excluding hydrogens is 194 g/mol. The Morgan fingerprint density at radius 2 is 2.36 bits per heavy atom. The Morgan fingerprint density at radius 1 is 1.57 bits per heavy atom. The molecule has 1 aliphatic rings. The molecule has 0 amide bonds. The molecular formula is C11H17NOS. The van der Waals surface area contributed by atoms with Crippen LogP contribution in [-0.4, -0.2) is 18.3 Å². The fourth-order valence-corrected chi connectivity index (χ4v) is 2.47. The van der Waals surface area contributed by atoms with E-state index in [2.05, 4.69) is 24.4 Å². The molecule has 2 N–H and O–H groups in total. The molecule has 1 aromatic rings. The Bertz CT molecular complexity index is 293. The summed E-state index contributed by atoms with van der Waals surface area (Å²) in [5.74, 6) is 0.866. The molecule has 1 fully saturated rings. The summed E-state index contributed by atoms with van der Waals surface area (Å²) in [4.78, 5) is 2.57. The van der Waals surface area contributed by atoms with Gasteiger partial charge in [0.05, 0.1) is 12.6 Å². The smallest absolute Gasteiger partial charge is 0.0649 e. The van der Waals surface area contributed by atoms with Crippen molar-refractivity contribution in [2.75, 3.05) is 13.2 Å². The summed E-state index contributed by atoms with van der Waals surface area (Å²) < 4.78 is 0. The van der Waals surface area contributed by atoms with Crippen molar-refractivity contribution in [2.45, 2.75) is 25.8 Å². The number of rotatable bonds is 5. The van der Waals surface area contributed by atoms with Crippen molar-refractivity contribution in [1.82, 2.24) is 5.32 Å². The molecule has 0 saturated heterocycles. The molecule has 1 unspecified atom stereocenters. The zero-order valence-electron chi connectivity index (χ0n) is 8.49. The number of hydrogen-bond donors (Lipinski definition) is 2. The first-order valence-corrected chi connectivity index (χ1v) is 6.02. The Labute approximate surface area is 89.0 Å². The molecule has 2 nitrogen and oxygen atoms in total. The van der Waals surface area contributed by atoms with Crippen molar-refractivity contribution in [1.29, 1.82) is 0 Å². The van der Waals surface area contributed by atoms with E-state index in [9.17, 15) is 5.11 Å². The van der Waals surface area contributed by atoms with Crippen LogP contribution in [-0.2, 0) is 0 Å². The quantitative estimate of drug-likeness (QED) is 0.781. The van der Waals surface area contributed by atoms with Gasteiger partial charge in [0.25, 0.3) is 0 Å². The number of aryl methyl sites for hydroxylation is 1. The summed E-state index contributed by atoms with van der Waals surface area (Å²) in [5, 5.41) is 12.7. The number of aliphatic hydroxyl groups excluding tert-OH is 1.